The average Bonchev–Trinajstić information content (AvgIpc) is 2.07. The Kier molecular flexibility index (Phi) is 1.36. The van der Waals surface area contributed by atoms with Gasteiger partial charge in [0.05, 0.1) is 5.69 Å². The summed E-state index contributed by atoms with van der Waals surface area (Å²) in [6.07, 6.45) is 2.87. The van der Waals surface area contributed by atoms with Gasteiger partial charge in [0.15, 0.2) is 5.82 Å². The van der Waals surface area contributed by atoms with E-state index in [2.05, 4.69) is 19.9 Å². The molecule has 0 aliphatic carbocycles. The maximum atomic E-state index is 5.58. The number of aromatic nitrogens is 4. The van der Waals surface area contributed by atoms with Gasteiger partial charge in [-0.15, -0.1) is 0 Å². The van der Waals surface area contributed by atoms with Gasteiger partial charge in [-0.05, 0) is 6.92 Å². The van der Waals surface area contributed by atoms with Crippen LogP contribution in [0, 0.1) is 6.92 Å². The number of aryl methyl sites for hydroxylation is 1. The van der Waals surface area contributed by atoms with Crippen molar-refractivity contribution in [2.45, 2.75) is 6.92 Å². The molecule has 0 atom stereocenters. The molecule has 2 aromatic rings. The van der Waals surface area contributed by atoms with Crippen molar-refractivity contribution in [3.05, 3.63) is 18.3 Å². The van der Waals surface area contributed by atoms with E-state index in [0.717, 1.165) is 5.69 Å². The van der Waals surface area contributed by atoms with E-state index in [1.54, 1.807) is 0 Å². The van der Waals surface area contributed by atoms with E-state index in [1.165, 1.54) is 12.7 Å². The quantitative estimate of drug-likeness (QED) is 0.601. The molecule has 5 nitrogen and oxygen atoms in total. The van der Waals surface area contributed by atoms with Crippen LogP contribution in [0.15, 0.2) is 12.7 Å². The summed E-state index contributed by atoms with van der Waals surface area (Å²) in [6.45, 7) is 1.86. The third-order valence-electron chi connectivity index (χ3n) is 1.63. The van der Waals surface area contributed by atoms with Crippen LogP contribution < -0.4 is 5.73 Å². The zero-order valence-corrected chi connectivity index (χ0v) is 6.52. The van der Waals surface area contributed by atoms with Crippen LogP contribution in [-0.4, -0.2) is 19.9 Å². The fourth-order valence-electron chi connectivity index (χ4n) is 1.02. The number of hydrogen-bond acceptors (Lipinski definition) is 5. The van der Waals surface area contributed by atoms with E-state index in [1.807, 2.05) is 6.92 Å². The van der Waals surface area contributed by atoms with Crippen LogP contribution in [0.2, 0.25) is 0 Å². The van der Waals surface area contributed by atoms with Gasteiger partial charge in [-0.1, -0.05) is 0 Å². The lowest BCUT2D eigenvalue weighted by molar-refractivity contribution is 1.10. The highest BCUT2D eigenvalue weighted by Crippen LogP contribution is 2.13. The summed E-state index contributed by atoms with van der Waals surface area (Å²) in [5.41, 5.74) is 7.73. The fourth-order valence-corrected chi connectivity index (χ4v) is 1.02. The van der Waals surface area contributed by atoms with Crippen LogP contribution in [0.1, 0.15) is 5.69 Å². The van der Waals surface area contributed by atoms with Crippen LogP contribution in [0.3, 0.4) is 0 Å². The Morgan fingerprint density at radius 3 is 2.42 bits per heavy atom. The molecule has 0 spiro atoms. The minimum Gasteiger partial charge on any atom is -0.382 e. The van der Waals surface area contributed by atoms with Crippen molar-refractivity contribution in [2.75, 3.05) is 5.73 Å². The molecule has 12 heavy (non-hydrogen) atoms. The van der Waals surface area contributed by atoms with Crippen molar-refractivity contribution in [1.29, 1.82) is 0 Å². The molecule has 2 N–H and O–H groups in total. The molecule has 0 saturated carbocycles. The van der Waals surface area contributed by atoms with Crippen LogP contribution >= 0.6 is 0 Å². The number of fused-ring (bicyclic) bond motifs is 1. The van der Waals surface area contributed by atoms with Crippen molar-refractivity contribution in [1.82, 2.24) is 19.9 Å². The zero-order chi connectivity index (χ0) is 8.55. The van der Waals surface area contributed by atoms with E-state index < -0.39 is 0 Å². The summed E-state index contributed by atoms with van der Waals surface area (Å²) < 4.78 is 0. The first-order chi connectivity index (χ1) is 5.79. The molecule has 60 valence electrons. The molecule has 0 unspecified atom stereocenters. The van der Waals surface area contributed by atoms with Gasteiger partial charge in [0, 0.05) is 0 Å². The van der Waals surface area contributed by atoms with Crippen LogP contribution in [-0.2, 0) is 0 Å². The number of hydrogen-bond donors (Lipinski definition) is 1. The van der Waals surface area contributed by atoms with Gasteiger partial charge in [-0.3, -0.25) is 0 Å². The summed E-state index contributed by atoms with van der Waals surface area (Å²) in [6, 6.07) is 0. The molecular formula is C7H7N5. The number of rotatable bonds is 0. The normalized spacial score (nSPS) is 10.4. The minimum atomic E-state index is 0.394. The molecule has 0 saturated heterocycles. The first-order valence-corrected chi connectivity index (χ1v) is 3.47. The lowest BCUT2D eigenvalue weighted by Crippen LogP contribution is -1.97. The Morgan fingerprint density at radius 2 is 1.67 bits per heavy atom. The van der Waals surface area contributed by atoms with Gasteiger partial charge < -0.3 is 5.73 Å². The SMILES string of the molecule is Cc1ncnc2c(N)ncnc12. The summed E-state index contributed by atoms with van der Waals surface area (Å²) in [5, 5.41) is 0. The van der Waals surface area contributed by atoms with Gasteiger partial charge in [0.25, 0.3) is 0 Å². The van der Waals surface area contributed by atoms with Crippen molar-refractivity contribution < 1.29 is 0 Å². The molecule has 2 aromatic heterocycles. The smallest absolute Gasteiger partial charge is 0.153 e. The Labute approximate surface area is 68.7 Å². The van der Waals surface area contributed by atoms with E-state index in [-0.39, 0.29) is 0 Å². The summed E-state index contributed by atoms with van der Waals surface area (Å²) in [4.78, 5) is 15.8. The number of nitrogen functional groups attached to an aromatic ring is 1. The second-order valence-corrected chi connectivity index (χ2v) is 2.42. The molecule has 2 rings (SSSR count). The summed E-state index contributed by atoms with van der Waals surface area (Å²) >= 11 is 0. The molecular weight excluding hydrogens is 154 g/mol. The maximum Gasteiger partial charge on any atom is 0.153 e. The highest BCUT2D eigenvalue weighted by atomic mass is 15.0. The third-order valence-corrected chi connectivity index (χ3v) is 1.63. The molecule has 0 radical (unpaired) electrons. The maximum absolute atomic E-state index is 5.58. The van der Waals surface area contributed by atoms with Gasteiger partial charge in [-0.2, -0.15) is 0 Å². The monoisotopic (exact) mass is 161 g/mol. The second kappa shape index (κ2) is 2.37. The Hall–Kier alpha value is -1.78. The minimum absolute atomic E-state index is 0.394. The third kappa shape index (κ3) is 0.868. The predicted molar refractivity (Wildman–Crippen MR) is 44.3 cm³/mol. The molecule has 2 heterocycles. The van der Waals surface area contributed by atoms with Gasteiger partial charge in [0.1, 0.15) is 23.7 Å². The Bertz CT molecular complexity index is 384. The molecule has 0 aliphatic heterocycles. The number of anilines is 1. The highest BCUT2D eigenvalue weighted by Gasteiger charge is 2.03. The highest BCUT2D eigenvalue weighted by molar-refractivity contribution is 5.84. The van der Waals surface area contributed by atoms with E-state index in [4.69, 9.17) is 5.73 Å². The first-order valence-electron chi connectivity index (χ1n) is 3.47. The average molecular weight is 161 g/mol. The van der Waals surface area contributed by atoms with Gasteiger partial charge in [0.2, 0.25) is 0 Å². The lowest BCUT2D eigenvalue weighted by atomic mass is 10.3. The lowest BCUT2D eigenvalue weighted by Gasteiger charge is -1.99. The first kappa shape index (κ1) is 6.90. The summed E-state index contributed by atoms with van der Waals surface area (Å²) in [7, 11) is 0. The predicted octanol–water partition coefficient (Wildman–Crippen LogP) is 0.310. The largest absolute Gasteiger partial charge is 0.382 e. The Morgan fingerprint density at radius 1 is 1.00 bits per heavy atom. The summed E-state index contributed by atoms with van der Waals surface area (Å²) in [5.74, 6) is 0.394. The standard InChI is InChI=1S/C7H7N5/c1-4-5-6(11-2-9-4)7(8)12-3-10-5/h2-3H,1H3,(H2,8,10,12). The van der Waals surface area contributed by atoms with Crippen molar-refractivity contribution in [3.8, 4) is 0 Å². The van der Waals surface area contributed by atoms with Gasteiger partial charge >= 0.3 is 0 Å². The molecule has 0 aromatic carbocycles. The number of nitrogens with zero attached hydrogens (tertiary/aromatic N) is 4. The Balaban J connectivity index is 2.94. The van der Waals surface area contributed by atoms with Crippen molar-refractivity contribution in [3.63, 3.8) is 0 Å². The zero-order valence-electron chi connectivity index (χ0n) is 6.52. The van der Waals surface area contributed by atoms with Crippen molar-refractivity contribution >= 4 is 16.9 Å². The van der Waals surface area contributed by atoms with E-state index in [0.29, 0.717) is 16.9 Å². The number of nitrogens with two attached hydrogens (primary N) is 1. The fraction of sp³-hybridized carbons (Fsp3) is 0.143. The second-order valence-electron chi connectivity index (χ2n) is 2.42. The topological polar surface area (TPSA) is 77.6 Å². The van der Waals surface area contributed by atoms with Crippen molar-refractivity contribution in [2.24, 2.45) is 0 Å². The van der Waals surface area contributed by atoms with E-state index >= 15 is 0 Å². The molecule has 0 amide bonds. The van der Waals surface area contributed by atoms with Crippen LogP contribution in [0.5, 0.6) is 0 Å². The molecule has 0 fully saturated rings. The van der Waals surface area contributed by atoms with Crippen LogP contribution in [0.25, 0.3) is 11.0 Å². The molecule has 0 bridgehead atoms. The van der Waals surface area contributed by atoms with Crippen LogP contribution in [0.4, 0.5) is 5.82 Å². The van der Waals surface area contributed by atoms with Gasteiger partial charge in [-0.25, -0.2) is 19.9 Å². The molecule has 5 heteroatoms. The molecule has 0 aliphatic rings. The van der Waals surface area contributed by atoms with E-state index in [9.17, 15) is 0 Å².